The fraction of sp³-hybridized carbons (Fsp3) is 0.625. The highest BCUT2D eigenvalue weighted by atomic mass is 15.1. The van der Waals surface area contributed by atoms with E-state index >= 15 is 0 Å². The molecular weight excluding hydrogens is 220 g/mol. The molecule has 0 radical (unpaired) electrons. The van der Waals surface area contributed by atoms with E-state index in [1.807, 2.05) is 0 Å². The van der Waals surface area contributed by atoms with Crippen LogP contribution in [0.3, 0.4) is 0 Å². The first-order valence-electron chi connectivity index (χ1n) is 6.97. The van der Waals surface area contributed by atoms with Gasteiger partial charge in [-0.1, -0.05) is 38.5 Å². The molecule has 2 heteroatoms. The Labute approximate surface area is 112 Å². The Bertz CT molecular complexity index is 353. The Hall–Kier alpha value is -0.860. The van der Waals surface area contributed by atoms with Crippen LogP contribution in [0.1, 0.15) is 43.0 Å². The van der Waals surface area contributed by atoms with Crippen LogP contribution in [-0.4, -0.2) is 25.0 Å². The summed E-state index contributed by atoms with van der Waals surface area (Å²) in [7, 11) is 2.19. The van der Waals surface area contributed by atoms with E-state index in [1.54, 1.807) is 0 Å². The van der Waals surface area contributed by atoms with Crippen molar-refractivity contribution in [3.05, 3.63) is 34.9 Å². The van der Waals surface area contributed by atoms with Crippen LogP contribution in [0.5, 0.6) is 0 Å². The second-order valence-corrected chi connectivity index (χ2v) is 5.51. The Morgan fingerprint density at radius 2 is 1.78 bits per heavy atom. The van der Waals surface area contributed by atoms with Gasteiger partial charge in [-0.3, -0.25) is 4.90 Å². The Morgan fingerprint density at radius 3 is 2.22 bits per heavy atom. The summed E-state index contributed by atoms with van der Waals surface area (Å²) in [6.07, 6.45) is 1.22. The molecule has 0 aromatic heterocycles. The summed E-state index contributed by atoms with van der Waals surface area (Å²) >= 11 is 0. The second kappa shape index (κ2) is 6.91. The van der Waals surface area contributed by atoms with Crippen LogP contribution in [0.25, 0.3) is 0 Å². The van der Waals surface area contributed by atoms with Crippen molar-refractivity contribution in [1.29, 1.82) is 0 Å². The summed E-state index contributed by atoms with van der Waals surface area (Å²) in [6, 6.07) is 6.82. The van der Waals surface area contributed by atoms with Crippen LogP contribution in [0.15, 0.2) is 18.2 Å². The smallest absolute Gasteiger partial charge is 0.0472 e. The van der Waals surface area contributed by atoms with Gasteiger partial charge in [0.25, 0.3) is 0 Å². The monoisotopic (exact) mass is 248 g/mol. The normalized spacial score (nSPS) is 14.8. The molecule has 1 rings (SSSR count). The van der Waals surface area contributed by atoms with Gasteiger partial charge < -0.3 is 5.73 Å². The Kier molecular flexibility index (Phi) is 5.83. The van der Waals surface area contributed by atoms with Crippen LogP contribution >= 0.6 is 0 Å². The minimum Gasteiger partial charge on any atom is -0.329 e. The molecule has 0 amide bonds. The number of aryl methyl sites for hydroxylation is 2. The lowest BCUT2D eigenvalue weighted by Gasteiger charge is -2.31. The van der Waals surface area contributed by atoms with Crippen LogP contribution in [-0.2, 0) is 0 Å². The van der Waals surface area contributed by atoms with Crippen molar-refractivity contribution in [1.82, 2.24) is 4.90 Å². The minimum atomic E-state index is 0.334. The number of rotatable bonds is 6. The molecule has 1 aromatic rings. The van der Waals surface area contributed by atoms with Crippen molar-refractivity contribution >= 4 is 0 Å². The maximum atomic E-state index is 6.02. The minimum absolute atomic E-state index is 0.334. The lowest BCUT2D eigenvalue weighted by atomic mass is 9.94. The van der Waals surface area contributed by atoms with E-state index < -0.39 is 0 Å². The van der Waals surface area contributed by atoms with Gasteiger partial charge in [-0.2, -0.15) is 0 Å². The van der Waals surface area contributed by atoms with Crippen molar-refractivity contribution in [2.45, 2.75) is 40.2 Å². The molecule has 2 atom stereocenters. The standard InChI is InChI=1S/C16H28N2/c1-6-12(2)11-18(5)15(10-17)16-13(3)8-7-9-14(16)4/h7-9,12,15H,6,10-11,17H2,1-5H3. The molecule has 0 fully saturated rings. The lowest BCUT2D eigenvalue weighted by molar-refractivity contribution is 0.214. The summed E-state index contributed by atoms with van der Waals surface area (Å²) in [4.78, 5) is 2.41. The van der Waals surface area contributed by atoms with Crippen molar-refractivity contribution in [3.63, 3.8) is 0 Å². The topological polar surface area (TPSA) is 29.3 Å². The Balaban J connectivity index is 2.95. The molecule has 0 saturated carbocycles. The first-order valence-corrected chi connectivity index (χ1v) is 6.97. The molecule has 102 valence electrons. The van der Waals surface area contributed by atoms with E-state index in [0.29, 0.717) is 18.5 Å². The molecule has 0 bridgehead atoms. The van der Waals surface area contributed by atoms with Gasteiger partial charge in [0.2, 0.25) is 0 Å². The average molecular weight is 248 g/mol. The molecule has 2 unspecified atom stereocenters. The van der Waals surface area contributed by atoms with Gasteiger partial charge in [0, 0.05) is 19.1 Å². The van der Waals surface area contributed by atoms with Gasteiger partial charge in [-0.05, 0) is 43.5 Å². The first-order chi connectivity index (χ1) is 8.51. The van der Waals surface area contributed by atoms with Crippen molar-refractivity contribution in [2.75, 3.05) is 20.1 Å². The van der Waals surface area contributed by atoms with Gasteiger partial charge in [0.15, 0.2) is 0 Å². The number of benzene rings is 1. The van der Waals surface area contributed by atoms with E-state index in [9.17, 15) is 0 Å². The molecule has 2 nitrogen and oxygen atoms in total. The first kappa shape index (κ1) is 15.2. The molecule has 0 aliphatic rings. The fourth-order valence-electron chi connectivity index (χ4n) is 2.62. The largest absolute Gasteiger partial charge is 0.329 e. The van der Waals surface area contributed by atoms with Crippen LogP contribution < -0.4 is 5.73 Å². The van der Waals surface area contributed by atoms with E-state index in [4.69, 9.17) is 5.73 Å². The van der Waals surface area contributed by atoms with E-state index in [-0.39, 0.29) is 0 Å². The number of nitrogens with two attached hydrogens (primary N) is 1. The molecule has 0 saturated heterocycles. The van der Waals surface area contributed by atoms with E-state index in [1.165, 1.54) is 23.1 Å². The van der Waals surface area contributed by atoms with Gasteiger partial charge in [0.1, 0.15) is 0 Å². The lowest BCUT2D eigenvalue weighted by Crippen LogP contribution is -2.34. The highest BCUT2D eigenvalue weighted by molar-refractivity contribution is 5.36. The molecule has 2 N–H and O–H groups in total. The highest BCUT2D eigenvalue weighted by Gasteiger charge is 2.20. The van der Waals surface area contributed by atoms with Crippen molar-refractivity contribution < 1.29 is 0 Å². The number of hydrogen-bond acceptors (Lipinski definition) is 2. The quantitative estimate of drug-likeness (QED) is 0.837. The zero-order valence-electron chi connectivity index (χ0n) is 12.5. The zero-order valence-corrected chi connectivity index (χ0v) is 12.5. The van der Waals surface area contributed by atoms with Crippen LogP contribution in [0, 0.1) is 19.8 Å². The average Bonchev–Trinajstić information content (AvgIpc) is 2.33. The predicted molar refractivity (Wildman–Crippen MR) is 79.8 cm³/mol. The summed E-state index contributed by atoms with van der Waals surface area (Å²) in [5, 5.41) is 0. The number of likely N-dealkylation sites (N-methyl/N-ethyl adjacent to an activating group) is 1. The molecular formula is C16H28N2. The van der Waals surface area contributed by atoms with Gasteiger partial charge >= 0.3 is 0 Å². The maximum Gasteiger partial charge on any atom is 0.0472 e. The van der Waals surface area contributed by atoms with E-state index in [2.05, 4.69) is 57.8 Å². The van der Waals surface area contributed by atoms with Crippen molar-refractivity contribution in [2.24, 2.45) is 11.7 Å². The molecule has 18 heavy (non-hydrogen) atoms. The summed E-state index contributed by atoms with van der Waals surface area (Å²) in [6.45, 7) is 10.7. The van der Waals surface area contributed by atoms with Gasteiger partial charge in [-0.25, -0.2) is 0 Å². The third-order valence-electron chi connectivity index (χ3n) is 3.93. The molecule has 1 aromatic carbocycles. The van der Waals surface area contributed by atoms with Gasteiger partial charge in [-0.15, -0.1) is 0 Å². The van der Waals surface area contributed by atoms with Gasteiger partial charge in [0.05, 0.1) is 0 Å². The van der Waals surface area contributed by atoms with E-state index in [0.717, 1.165) is 6.54 Å². The van der Waals surface area contributed by atoms with Crippen LogP contribution in [0.2, 0.25) is 0 Å². The number of hydrogen-bond donors (Lipinski definition) is 1. The fourth-order valence-corrected chi connectivity index (χ4v) is 2.62. The summed E-state index contributed by atoms with van der Waals surface area (Å²) in [5.74, 6) is 0.716. The van der Waals surface area contributed by atoms with Crippen LogP contribution in [0.4, 0.5) is 0 Å². The predicted octanol–water partition coefficient (Wildman–Crippen LogP) is 3.28. The molecule has 0 aliphatic heterocycles. The van der Waals surface area contributed by atoms with Crippen molar-refractivity contribution in [3.8, 4) is 0 Å². The third kappa shape index (κ3) is 3.56. The highest BCUT2D eigenvalue weighted by Crippen LogP contribution is 2.26. The molecule has 0 aliphatic carbocycles. The number of nitrogens with zero attached hydrogens (tertiary/aromatic N) is 1. The summed E-state index contributed by atoms with van der Waals surface area (Å²) < 4.78 is 0. The molecule has 0 spiro atoms. The summed E-state index contributed by atoms with van der Waals surface area (Å²) in [5.41, 5.74) is 10.1. The third-order valence-corrected chi connectivity index (χ3v) is 3.93. The molecule has 0 heterocycles. The zero-order chi connectivity index (χ0) is 13.7. The SMILES string of the molecule is CCC(C)CN(C)C(CN)c1c(C)cccc1C. The maximum absolute atomic E-state index is 6.02. The second-order valence-electron chi connectivity index (χ2n) is 5.51. The Morgan fingerprint density at radius 1 is 1.22 bits per heavy atom.